The van der Waals surface area contributed by atoms with E-state index in [1.54, 1.807) is 13.1 Å². The summed E-state index contributed by atoms with van der Waals surface area (Å²) in [5.74, 6) is 0.137. The summed E-state index contributed by atoms with van der Waals surface area (Å²) in [5.41, 5.74) is 7.71. The Morgan fingerprint density at radius 2 is 2.15 bits per heavy atom. The predicted octanol–water partition coefficient (Wildman–Crippen LogP) is 1.08. The van der Waals surface area contributed by atoms with Gasteiger partial charge >= 0.3 is 0 Å². The maximum absolute atomic E-state index is 11.1. The Bertz CT molecular complexity index is 603. The average molecular weight is 299 g/mol. The molecule has 0 atom stereocenters. The minimum Gasteiger partial charge on any atom is -0.364 e. The number of anilines is 1. The molecule has 0 bridgehead atoms. The maximum Gasteiger partial charge on any atom is 0.267 e. The van der Waals surface area contributed by atoms with Gasteiger partial charge in [-0.05, 0) is 13.8 Å². The van der Waals surface area contributed by atoms with Gasteiger partial charge in [0.1, 0.15) is 11.5 Å². The van der Waals surface area contributed by atoms with Crippen LogP contribution in [0.3, 0.4) is 0 Å². The van der Waals surface area contributed by atoms with Crippen LogP contribution in [0.25, 0.3) is 0 Å². The standard InChI is InChI=1S/C12H18N6O.ClH/c1-4-18-7-9(8(2)15-18)6-14-11-5-10(12(13)19)17(3)16-11;/h5,7H,4,6H2,1-3H3,(H2,13,19)(H,14,16);1H. The SMILES string of the molecule is CCn1cc(CNc2cc(C(N)=O)n(C)n2)c(C)n1.Cl. The highest BCUT2D eigenvalue weighted by Crippen LogP contribution is 2.11. The molecule has 8 heteroatoms. The van der Waals surface area contributed by atoms with Gasteiger partial charge in [0.05, 0.1) is 5.69 Å². The quantitative estimate of drug-likeness (QED) is 0.864. The van der Waals surface area contributed by atoms with Crippen molar-refractivity contribution < 1.29 is 4.79 Å². The van der Waals surface area contributed by atoms with E-state index in [2.05, 4.69) is 15.5 Å². The van der Waals surface area contributed by atoms with E-state index >= 15 is 0 Å². The summed E-state index contributed by atoms with van der Waals surface area (Å²) in [7, 11) is 1.69. The lowest BCUT2D eigenvalue weighted by Gasteiger charge is -2.00. The minimum atomic E-state index is -0.488. The maximum atomic E-state index is 11.1. The van der Waals surface area contributed by atoms with E-state index < -0.39 is 5.91 Å². The molecule has 0 saturated heterocycles. The van der Waals surface area contributed by atoms with Gasteiger partial charge < -0.3 is 11.1 Å². The smallest absolute Gasteiger partial charge is 0.267 e. The van der Waals surface area contributed by atoms with Crippen molar-refractivity contribution in [3.05, 3.63) is 29.2 Å². The van der Waals surface area contributed by atoms with Crippen molar-refractivity contribution in [2.24, 2.45) is 12.8 Å². The van der Waals surface area contributed by atoms with Gasteiger partial charge in [-0.15, -0.1) is 12.4 Å². The van der Waals surface area contributed by atoms with Crippen LogP contribution in [0.1, 0.15) is 28.7 Å². The Labute approximate surface area is 123 Å². The van der Waals surface area contributed by atoms with Gasteiger partial charge in [0.25, 0.3) is 5.91 Å². The Morgan fingerprint density at radius 1 is 1.45 bits per heavy atom. The van der Waals surface area contributed by atoms with E-state index in [0.717, 1.165) is 17.8 Å². The van der Waals surface area contributed by atoms with E-state index in [9.17, 15) is 4.79 Å². The van der Waals surface area contributed by atoms with E-state index in [1.165, 1.54) is 4.68 Å². The first-order valence-electron chi connectivity index (χ1n) is 6.12. The summed E-state index contributed by atoms with van der Waals surface area (Å²) < 4.78 is 3.35. The van der Waals surface area contributed by atoms with Gasteiger partial charge in [0.2, 0.25) is 0 Å². The van der Waals surface area contributed by atoms with Gasteiger partial charge in [0.15, 0.2) is 0 Å². The van der Waals surface area contributed by atoms with Crippen LogP contribution >= 0.6 is 12.4 Å². The van der Waals surface area contributed by atoms with Crippen LogP contribution in [0, 0.1) is 6.92 Å². The summed E-state index contributed by atoms with van der Waals surface area (Å²) in [5, 5.41) is 11.7. The number of rotatable bonds is 5. The number of hydrogen-bond donors (Lipinski definition) is 2. The van der Waals surface area contributed by atoms with Crippen LogP contribution < -0.4 is 11.1 Å². The molecule has 110 valence electrons. The molecule has 0 saturated carbocycles. The van der Waals surface area contributed by atoms with Crippen molar-refractivity contribution in [3.63, 3.8) is 0 Å². The molecule has 3 N–H and O–H groups in total. The van der Waals surface area contributed by atoms with Gasteiger partial charge in [0, 0.05) is 38.0 Å². The molecule has 0 aliphatic rings. The number of carbonyl (C=O) groups excluding carboxylic acids is 1. The fourth-order valence-corrected chi connectivity index (χ4v) is 1.86. The summed E-state index contributed by atoms with van der Waals surface area (Å²) in [6.45, 7) is 5.47. The highest BCUT2D eigenvalue weighted by Gasteiger charge is 2.10. The lowest BCUT2D eigenvalue weighted by molar-refractivity contribution is 0.0991. The number of halogens is 1. The molecule has 2 rings (SSSR count). The summed E-state index contributed by atoms with van der Waals surface area (Å²) in [6.07, 6.45) is 2.00. The third-order valence-electron chi connectivity index (χ3n) is 2.96. The van der Waals surface area contributed by atoms with Crippen molar-refractivity contribution in [1.29, 1.82) is 0 Å². The molecular formula is C12H19ClN6O. The zero-order valence-electron chi connectivity index (χ0n) is 11.8. The number of aryl methyl sites for hydroxylation is 3. The first-order chi connectivity index (χ1) is 9.01. The number of nitrogens with zero attached hydrogens (tertiary/aromatic N) is 4. The van der Waals surface area contributed by atoms with Crippen molar-refractivity contribution >= 4 is 24.1 Å². The largest absolute Gasteiger partial charge is 0.364 e. The van der Waals surface area contributed by atoms with Crippen molar-refractivity contribution in [2.45, 2.75) is 26.9 Å². The molecule has 2 heterocycles. The third-order valence-corrected chi connectivity index (χ3v) is 2.96. The van der Waals surface area contributed by atoms with Crippen LogP contribution in [0.2, 0.25) is 0 Å². The number of aromatic nitrogens is 4. The van der Waals surface area contributed by atoms with Crippen LogP contribution in [0.4, 0.5) is 5.82 Å². The molecule has 20 heavy (non-hydrogen) atoms. The normalized spacial score (nSPS) is 10.2. The van der Waals surface area contributed by atoms with E-state index in [0.29, 0.717) is 18.1 Å². The second-order valence-electron chi connectivity index (χ2n) is 4.35. The van der Waals surface area contributed by atoms with Crippen molar-refractivity contribution in [1.82, 2.24) is 19.6 Å². The van der Waals surface area contributed by atoms with Crippen LogP contribution in [-0.4, -0.2) is 25.5 Å². The number of amides is 1. The topological polar surface area (TPSA) is 90.8 Å². The number of primary amides is 1. The van der Waals surface area contributed by atoms with Crippen LogP contribution in [0.15, 0.2) is 12.3 Å². The average Bonchev–Trinajstić information content (AvgIpc) is 2.90. The second-order valence-corrected chi connectivity index (χ2v) is 4.35. The lowest BCUT2D eigenvalue weighted by atomic mass is 10.2. The molecule has 0 radical (unpaired) electrons. The molecule has 2 aromatic rings. The third kappa shape index (κ3) is 3.30. The fourth-order valence-electron chi connectivity index (χ4n) is 1.86. The number of hydrogen-bond acceptors (Lipinski definition) is 4. The van der Waals surface area contributed by atoms with Gasteiger partial charge in [-0.25, -0.2) is 0 Å². The van der Waals surface area contributed by atoms with Crippen molar-refractivity contribution in [3.8, 4) is 0 Å². The van der Waals surface area contributed by atoms with Crippen LogP contribution in [-0.2, 0) is 20.1 Å². The van der Waals surface area contributed by atoms with Gasteiger partial charge in [-0.2, -0.15) is 10.2 Å². The van der Waals surface area contributed by atoms with Crippen molar-refractivity contribution in [2.75, 3.05) is 5.32 Å². The fraction of sp³-hybridized carbons (Fsp3) is 0.417. The highest BCUT2D eigenvalue weighted by atomic mass is 35.5. The van der Waals surface area contributed by atoms with Gasteiger partial charge in [-0.1, -0.05) is 0 Å². The zero-order valence-corrected chi connectivity index (χ0v) is 12.6. The predicted molar refractivity (Wildman–Crippen MR) is 78.9 cm³/mol. The first kappa shape index (κ1) is 16.0. The minimum absolute atomic E-state index is 0. The number of nitrogens with two attached hydrogens (primary N) is 1. The van der Waals surface area contributed by atoms with E-state index in [1.807, 2.05) is 24.7 Å². The molecule has 0 aromatic carbocycles. The van der Waals surface area contributed by atoms with Crippen LogP contribution in [0.5, 0.6) is 0 Å². The molecule has 0 aliphatic heterocycles. The first-order valence-corrected chi connectivity index (χ1v) is 6.12. The molecule has 0 fully saturated rings. The molecule has 1 amide bonds. The summed E-state index contributed by atoms with van der Waals surface area (Å²) in [6, 6.07) is 1.64. The second kappa shape index (κ2) is 6.42. The number of carbonyl (C=O) groups is 1. The molecule has 0 unspecified atom stereocenters. The number of nitrogens with one attached hydrogen (secondary N) is 1. The zero-order chi connectivity index (χ0) is 14.0. The molecule has 0 spiro atoms. The van der Waals surface area contributed by atoms with E-state index in [-0.39, 0.29) is 12.4 Å². The molecule has 0 aliphatic carbocycles. The molecular weight excluding hydrogens is 280 g/mol. The molecule has 2 aromatic heterocycles. The summed E-state index contributed by atoms with van der Waals surface area (Å²) >= 11 is 0. The summed E-state index contributed by atoms with van der Waals surface area (Å²) in [4.78, 5) is 11.1. The Kier molecular flexibility index (Phi) is 5.15. The van der Waals surface area contributed by atoms with Gasteiger partial charge in [-0.3, -0.25) is 14.2 Å². The monoisotopic (exact) mass is 298 g/mol. The molecule has 7 nitrogen and oxygen atoms in total. The van der Waals surface area contributed by atoms with E-state index in [4.69, 9.17) is 5.73 Å². The highest BCUT2D eigenvalue weighted by molar-refractivity contribution is 5.91. The Hall–Kier alpha value is -2.02. The Balaban J connectivity index is 0.00000200. The Morgan fingerprint density at radius 3 is 2.65 bits per heavy atom. The lowest BCUT2D eigenvalue weighted by Crippen LogP contribution is -2.15.